The molecule has 1 aliphatic heterocycles. The summed E-state index contributed by atoms with van der Waals surface area (Å²) >= 11 is 0. The van der Waals surface area contributed by atoms with Crippen LogP contribution in [0.3, 0.4) is 0 Å². The monoisotopic (exact) mass is 521 g/mol. The number of aryl methyl sites for hydroxylation is 1. The quantitative estimate of drug-likeness (QED) is 0.403. The van der Waals surface area contributed by atoms with Crippen LogP contribution in [0.25, 0.3) is 0 Å². The maximum Gasteiger partial charge on any atom is 0.418 e. The molecule has 0 unspecified atom stereocenters. The molecule has 1 aliphatic carbocycles. The number of carbonyl (C=O) groups excluding carboxylic acids is 1. The number of anilines is 2. The number of halogens is 3. The molecule has 4 rings (SSSR count). The molecule has 3 N–H and O–H groups in total. The highest BCUT2D eigenvalue weighted by atomic mass is 19.4. The van der Waals surface area contributed by atoms with Crippen molar-refractivity contribution in [3.63, 3.8) is 0 Å². The molecule has 37 heavy (non-hydrogen) atoms. The fourth-order valence-corrected chi connectivity index (χ4v) is 5.22. The lowest BCUT2D eigenvalue weighted by molar-refractivity contribution is -0.140. The Hall–Kier alpha value is -2.82. The first-order chi connectivity index (χ1) is 17.6. The molecule has 10 heteroatoms. The molecule has 2 aromatic rings. The lowest BCUT2D eigenvalue weighted by Gasteiger charge is -2.33. The molecule has 2 fully saturated rings. The summed E-state index contributed by atoms with van der Waals surface area (Å²) in [6.07, 6.45) is -0.125. The predicted octanol–water partition coefficient (Wildman–Crippen LogP) is 5.74. The number of amides is 1. The highest BCUT2D eigenvalue weighted by molar-refractivity contribution is 5.77. The van der Waals surface area contributed by atoms with Crippen molar-refractivity contribution in [1.82, 2.24) is 4.90 Å². The maximum absolute atomic E-state index is 13.3. The smallest absolute Gasteiger partial charge is 0.382 e. The Labute approximate surface area is 214 Å². The van der Waals surface area contributed by atoms with E-state index in [0.717, 1.165) is 38.1 Å². The van der Waals surface area contributed by atoms with E-state index in [4.69, 9.17) is 15.2 Å². The van der Waals surface area contributed by atoms with Crippen molar-refractivity contribution >= 4 is 17.3 Å². The second kappa shape index (κ2) is 11.7. The number of ether oxygens (including phenoxy) is 1. The summed E-state index contributed by atoms with van der Waals surface area (Å²) in [6.45, 7) is 3.57. The second-order valence-electron chi connectivity index (χ2n) is 10.0. The summed E-state index contributed by atoms with van der Waals surface area (Å²) < 4.78 is 45.8. The van der Waals surface area contributed by atoms with Crippen LogP contribution < -0.4 is 10.5 Å². The highest BCUT2D eigenvalue weighted by Crippen LogP contribution is 2.38. The van der Waals surface area contributed by atoms with Crippen LogP contribution in [0.2, 0.25) is 0 Å². The van der Waals surface area contributed by atoms with Gasteiger partial charge in [0.15, 0.2) is 0 Å². The van der Waals surface area contributed by atoms with Gasteiger partial charge < -0.3 is 15.0 Å². The van der Waals surface area contributed by atoms with Gasteiger partial charge in [0.2, 0.25) is 5.91 Å². The molecule has 2 aliphatic rings. The molecule has 202 valence electrons. The van der Waals surface area contributed by atoms with Gasteiger partial charge in [-0.05, 0) is 75.1 Å². The van der Waals surface area contributed by atoms with E-state index >= 15 is 0 Å². The molecule has 1 heterocycles. The molecule has 0 radical (unpaired) electrons. The minimum atomic E-state index is -4.73. The van der Waals surface area contributed by atoms with Gasteiger partial charge in [-0.3, -0.25) is 15.2 Å². The average Bonchev–Trinajstić information content (AvgIpc) is 2.88. The molecule has 0 atom stereocenters. The Morgan fingerprint density at radius 1 is 1.03 bits per heavy atom. The van der Waals surface area contributed by atoms with E-state index in [2.05, 4.69) is 36.5 Å². The number of likely N-dealkylation sites (tertiary alicyclic amines) is 1. The van der Waals surface area contributed by atoms with E-state index < -0.39 is 22.7 Å². The van der Waals surface area contributed by atoms with Crippen LogP contribution in [0.4, 0.5) is 24.5 Å². The minimum absolute atomic E-state index is 0.00387. The third-order valence-electron chi connectivity index (χ3n) is 7.40. The normalized spacial score (nSPS) is 21.1. The molecule has 1 saturated carbocycles. The lowest BCUT2D eigenvalue weighted by atomic mass is 9.89. The van der Waals surface area contributed by atoms with Crippen molar-refractivity contribution in [3.05, 3.63) is 59.2 Å². The molecular formula is C27H34F3N3O4. The van der Waals surface area contributed by atoms with Crippen LogP contribution >= 0.6 is 0 Å². The van der Waals surface area contributed by atoms with Gasteiger partial charge in [0.05, 0.1) is 11.7 Å². The lowest BCUT2D eigenvalue weighted by Crippen LogP contribution is -2.41. The van der Waals surface area contributed by atoms with E-state index in [9.17, 15) is 18.0 Å². The third kappa shape index (κ3) is 7.15. The summed E-state index contributed by atoms with van der Waals surface area (Å²) in [6, 6.07) is 11.8. The number of hydrogen-bond donors (Lipinski definition) is 3. The number of hydrogen-bond acceptors (Lipinski definition) is 6. The Bertz CT molecular complexity index is 1050. The summed E-state index contributed by atoms with van der Waals surface area (Å²) in [7, 11) is 0. The summed E-state index contributed by atoms with van der Waals surface area (Å²) in [5.41, 5.74) is 0.949. The summed E-state index contributed by atoms with van der Waals surface area (Å²) in [4.78, 5) is 14.6. The second-order valence-corrected chi connectivity index (χ2v) is 10.0. The van der Waals surface area contributed by atoms with Gasteiger partial charge in [-0.25, -0.2) is 0 Å². The van der Waals surface area contributed by atoms with Gasteiger partial charge in [-0.2, -0.15) is 13.2 Å². The first kappa shape index (κ1) is 27.2. The van der Waals surface area contributed by atoms with Crippen molar-refractivity contribution in [3.8, 4) is 0 Å². The Kier molecular flexibility index (Phi) is 8.61. The number of alkyl halides is 3. The molecular weight excluding hydrogens is 487 g/mol. The van der Waals surface area contributed by atoms with Gasteiger partial charge in [0.1, 0.15) is 12.3 Å². The van der Waals surface area contributed by atoms with E-state index in [1.165, 1.54) is 17.2 Å². The van der Waals surface area contributed by atoms with Crippen LogP contribution in [0.5, 0.6) is 0 Å². The van der Waals surface area contributed by atoms with Crippen LogP contribution in [0.1, 0.15) is 61.1 Å². The summed E-state index contributed by atoms with van der Waals surface area (Å²) in [5.74, 6) is 0.479. The Balaban J connectivity index is 1.19. The first-order valence-electron chi connectivity index (χ1n) is 12.7. The zero-order chi connectivity index (χ0) is 26.6. The number of benzene rings is 2. The van der Waals surface area contributed by atoms with Crippen LogP contribution in [0.15, 0.2) is 42.5 Å². The third-order valence-corrected chi connectivity index (χ3v) is 7.40. The van der Waals surface area contributed by atoms with Gasteiger partial charge in [0, 0.05) is 24.8 Å². The van der Waals surface area contributed by atoms with Crippen LogP contribution in [-0.2, 0) is 15.7 Å². The molecule has 0 spiro atoms. The molecule has 0 aromatic heterocycles. The van der Waals surface area contributed by atoms with Crippen molar-refractivity contribution in [2.24, 2.45) is 0 Å². The van der Waals surface area contributed by atoms with E-state index in [-0.39, 0.29) is 30.3 Å². The van der Waals surface area contributed by atoms with Crippen LogP contribution in [-0.4, -0.2) is 53.1 Å². The van der Waals surface area contributed by atoms with Crippen LogP contribution in [0, 0.1) is 6.92 Å². The maximum atomic E-state index is 13.3. The van der Waals surface area contributed by atoms with Gasteiger partial charge in [-0.1, -0.05) is 29.8 Å². The SMILES string of the molecule is Cc1ccc(C2CCN(C(=O)COC3CCC(Nc4ccc(N(O)O)c(C(F)(F)F)c4)CC3)CC2)cc1. The fourth-order valence-electron chi connectivity index (χ4n) is 5.22. The number of piperidine rings is 1. The molecule has 7 nitrogen and oxygen atoms in total. The number of nitrogens with zero attached hydrogens (tertiary/aromatic N) is 2. The molecule has 1 saturated heterocycles. The van der Waals surface area contributed by atoms with Gasteiger partial charge >= 0.3 is 6.18 Å². The van der Waals surface area contributed by atoms with Gasteiger partial charge in [-0.15, -0.1) is 5.23 Å². The Morgan fingerprint density at radius 3 is 2.27 bits per heavy atom. The average molecular weight is 522 g/mol. The van der Waals surface area contributed by atoms with Crippen molar-refractivity contribution < 1.29 is 33.1 Å². The van der Waals surface area contributed by atoms with Gasteiger partial charge in [0.25, 0.3) is 0 Å². The van der Waals surface area contributed by atoms with E-state index in [1.54, 1.807) is 0 Å². The van der Waals surface area contributed by atoms with E-state index in [0.29, 0.717) is 31.6 Å². The Morgan fingerprint density at radius 2 is 1.68 bits per heavy atom. The molecule has 0 bridgehead atoms. The summed E-state index contributed by atoms with van der Waals surface area (Å²) in [5, 5.41) is 20.7. The zero-order valence-electron chi connectivity index (χ0n) is 20.9. The molecule has 2 aromatic carbocycles. The van der Waals surface area contributed by atoms with Crippen molar-refractivity contribution in [1.29, 1.82) is 0 Å². The number of nitrogens with one attached hydrogen (secondary N) is 1. The topological polar surface area (TPSA) is 85.3 Å². The zero-order valence-corrected chi connectivity index (χ0v) is 20.9. The minimum Gasteiger partial charge on any atom is -0.382 e. The van der Waals surface area contributed by atoms with E-state index in [1.807, 2.05) is 4.90 Å². The number of rotatable bonds is 7. The first-order valence-corrected chi connectivity index (χ1v) is 12.7. The largest absolute Gasteiger partial charge is 0.418 e. The standard InChI is InChI=1S/C27H34F3N3O4/c1-18-2-4-19(5-3-18)20-12-14-32(15-13-20)26(34)17-37-23-9-6-21(7-10-23)31-22-8-11-25(33(35)36)24(16-22)27(28,29)30/h2-5,8,11,16,20-21,23,31,35-36H,6-7,9-10,12-15,17H2,1H3. The van der Waals surface area contributed by atoms with Crippen molar-refractivity contribution in [2.75, 3.05) is 30.2 Å². The molecule has 1 amide bonds. The van der Waals surface area contributed by atoms with Crippen molar-refractivity contribution in [2.45, 2.75) is 69.7 Å². The fraction of sp³-hybridized carbons (Fsp3) is 0.519. The highest BCUT2D eigenvalue weighted by Gasteiger charge is 2.35. The number of carbonyl (C=O) groups is 1. The predicted molar refractivity (Wildman–Crippen MR) is 133 cm³/mol.